The molecule has 4 rings (SSSR count). The molecule has 0 unspecified atom stereocenters. The van der Waals surface area contributed by atoms with E-state index in [1.807, 2.05) is 65.0 Å². The molecule has 1 aromatic heterocycles. The second-order valence-electron chi connectivity index (χ2n) is 7.03. The molecule has 3 aromatic rings. The number of benzene rings is 2. The summed E-state index contributed by atoms with van der Waals surface area (Å²) in [4.78, 5) is 17.3. The van der Waals surface area contributed by atoms with Crippen LogP contribution < -0.4 is 0 Å². The van der Waals surface area contributed by atoms with E-state index in [0.29, 0.717) is 5.69 Å². The molecule has 0 atom stereocenters. The Hall–Kier alpha value is -2.92. The van der Waals surface area contributed by atoms with Crippen molar-refractivity contribution in [2.24, 2.45) is 0 Å². The summed E-state index contributed by atoms with van der Waals surface area (Å²) >= 11 is 0. The minimum absolute atomic E-state index is 0.0208. The monoisotopic (exact) mass is 360 g/mol. The van der Waals surface area contributed by atoms with Gasteiger partial charge >= 0.3 is 0 Å². The molecule has 2 aromatic carbocycles. The zero-order valence-electron chi connectivity index (χ0n) is 15.8. The number of aromatic nitrogens is 2. The van der Waals surface area contributed by atoms with Gasteiger partial charge in [-0.25, -0.2) is 4.68 Å². The van der Waals surface area contributed by atoms with Crippen LogP contribution in [0, 0.1) is 6.92 Å². The van der Waals surface area contributed by atoms with Crippen molar-refractivity contribution in [2.45, 2.75) is 6.92 Å². The summed E-state index contributed by atoms with van der Waals surface area (Å²) in [6.07, 6.45) is 0. The number of piperazine rings is 1. The highest BCUT2D eigenvalue weighted by atomic mass is 16.2. The first-order valence-corrected chi connectivity index (χ1v) is 9.33. The number of carbonyl (C=O) groups is 1. The molecule has 0 saturated carbocycles. The molecule has 0 bridgehead atoms. The van der Waals surface area contributed by atoms with Gasteiger partial charge < -0.3 is 9.80 Å². The Morgan fingerprint density at radius 2 is 1.48 bits per heavy atom. The number of likely N-dealkylation sites (N-methyl/N-ethyl adjacent to an activating group) is 1. The Morgan fingerprint density at radius 3 is 2.11 bits per heavy atom. The fourth-order valence-electron chi connectivity index (χ4n) is 3.55. The molecular weight excluding hydrogens is 336 g/mol. The highest BCUT2D eigenvalue weighted by Gasteiger charge is 2.27. The minimum Gasteiger partial charge on any atom is -0.335 e. The van der Waals surface area contributed by atoms with Crippen LogP contribution in [-0.2, 0) is 0 Å². The number of rotatable bonds is 3. The molecule has 1 aliphatic rings. The van der Waals surface area contributed by atoms with Gasteiger partial charge in [-0.05, 0) is 26.1 Å². The van der Waals surface area contributed by atoms with Crippen LogP contribution in [0.15, 0.2) is 60.7 Å². The maximum atomic E-state index is 13.2. The molecule has 0 aliphatic carbocycles. The van der Waals surface area contributed by atoms with E-state index in [1.165, 1.54) is 0 Å². The van der Waals surface area contributed by atoms with Crippen molar-refractivity contribution >= 4 is 5.91 Å². The summed E-state index contributed by atoms with van der Waals surface area (Å²) in [6.45, 7) is 5.28. The summed E-state index contributed by atoms with van der Waals surface area (Å²) in [6, 6.07) is 20.1. The molecular formula is C22H24N4O. The first-order valence-electron chi connectivity index (χ1n) is 9.33. The Balaban J connectivity index is 1.80. The molecule has 27 heavy (non-hydrogen) atoms. The Morgan fingerprint density at radius 1 is 0.889 bits per heavy atom. The Kier molecular flexibility index (Phi) is 4.77. The van der Waals surface area contributed by atoms with Crippen LogP contribution in [0.25, 0.3) is 16.9 Å². The molecule has 5 heteroatoms. The zero-order valence-corrected chi connectivity index (χ0v) is 15.8. The predicted molar refractivity (Wildman–Crippen MR) is 107 cm³/mol. The van der Waals surface area contributed by atoms with E-state index in [-0.39, 0.29) is 5.91 Å². The topological polar surface area (TPSA) is 41.4 Å². The van der Waals surface area contributed by atoms with E-state index in [0.717, 1.165) is 48.7 Å². The second kappa shape index (κ2) is 7.37. The molecule has 5 nitrogen and oxygen atoms in total. The third-order valence-corrected chi connectivity index (χ3v) is 5.16. The fraction of sp³-hybridized carbons (Fsp3) is 0.273. The van der Waals surface area contributed by atoms with E-state index in [9.17, 15) is 4.79 Å². The molecule has 2 heterocycles. The number of para-hydroxylation sites is 1. The van der Waals surface area contributed by atoms with Crippen LogP contribution >= 0.6 is 0 Å². The molecule has 1 saturated heterocycles. The summed E-state index contributed by atoms with van der Waals surface area (Å²) in [5, 5.41) is 4.76. The van der Waals surface area contributed by atoms with Crippen LogP contribution in [0.5, 0.6) is 0 Å². The van der Waals surface area contributed by atoms with Crippen molar-refractivity contribution in [3.8, 4) is 16.9 Å². The van der Waals surface area contributed by atoms with Gasteiger partial charge in [0.25, 0.3) is 5.91 Å². The zero-order chi connectivity index (χ0) is 18.8. The van der Waals surface area contributed by atoms with Gasteiger partial charge in [0, 0.05) is 37.3 Å². The predicted octanol–water partition coefficient (Wildman–Crippen LogP) is 3.24. The lowest BCUT2D eigenvalue weighted by molar-refractivity contribution is 0.0657. The normalized spacial score (nSPS) is 15.1. The van der Waals surface area contributed by atoms with Crippen LogP contribution in [0.1, 0.15) is 16.1 Å². The summed E-state index contributed by atoms with van der Waals surface area (Å²) in [5.41, 5.74) is 4.45. The summed E-state index contributed by atoms with van der Waals surface area (Å²) in [5.74, 6) is 0.0208. The first kappa shape index (κ1) is 17.5. The maximum absolute atomic E-state index is 13.2. The van der Waals surface area contributed by atoms with E-state index in [2.05, 4.69) is 24.1 Å². The van der Waals surface area contributed by atoms with Gasteiger partial charge in [0.1, 0.15) is 0 Å². The lowest BCUT2D eigenvalue weighted by atomic mass is 10.1. The smallest absolute Gasteiger partial charge is 0.274 e. The third kappa shape index (κ3) is 3.38. The fourth-order valence-corrected chi connectivity index (χ4v) is 3.55. The average Bonchev–Trinajstić information content (AvgIpc) is 3.06. The van der Waals surface area contributed by atoms with E-state index < -0.39 is 0 Å². The number of nitrogens with zero attached hydrogens (tertiary/aromatic N) is 4. The van der Waals surface area contributed by atoms with Gasteiger partial charge in [-0.3, -0.25) is 4.79 Å². The van der Waals surface area contributed by atoms with E-state index >= 15 is 0 Å². The van der Waals surface area contributed by atoms with Gasteiger partial charge in [-0.1, -0.05) is 48.5 Å². The highest BCUT2D eigenvalue weighted by molar-refractivity contribution is 5.95. The minimum atomic E-state index is 0.0208. The largest absolute Gasteiger partial charge is 0.335 e. The molecule has 138 valence electrons. The van der Waals surface area contributed by atoms with Gasteiger partial charge in [-0.2, -0.15) is 5.10 Å². The average molecular weight is 360 g/mol. The standard InChI is InChI=1S/C22H24N4O/c1-17-20(22(27)25-15-13-24(2)14-16-25)23-26(19-11-7-4-8-12-19)21(17)18-9-5-3-6-10-18/h3-12H,13-16H2,1-2H3. The van der Waals surface area contributed by atoms with Crippen molar-refractivity contribution in [3.63, 3.8) is 0 Å². The molecule has 1 amide bonds. The van der Waals surface area contributed by atoms with Gasteiger partial charge in [0.05, 0.1) is 11.4 Å². The van der Waals surface area contributed by atoms with Gasteiger partial charge in [0.2, 0.25) is 0 Å². The second-order valence-corrected chi connectivity index (χ2v) is 7.03. The van der Waals surface area contributed by atoms with Gasteiger partial charge in [0.15, 0.2) is 5.69 Å². The number of hydrogen-bond donors (Lipinski definition) is 0. The molecule has 0 spiro atoms. The third-order valence-electron chi connectivity index (χ3n) is 5.16. The lowest BCUT2D eigenvalue weighted by Gasteiger charge is -2.32. The van der Waals surface area contributed by atoms with Crippen molar-refractivity contribution in [3.05, 3.63) is 71.9 Å². The number of amides is 1. The van der Waals surface area contributed by atoms with Crippen molar-refractivity contribution < 1.29 is 4.79 Å². The van der Waals surface area contributed by atoms with E-state index in [4.69, 9.17) is 5.10 Å². The van der Waals surface area contributed by atoms with Crippen molar-refractivity contribution in [2.75, 3.05) is 33.2 Å². The summed E-state index contributed by atoms with van der Waals surface area (Å²) < 4.78 is 1.90. The SMILES string of the molecule is Cc1c(C(=O)N2CCN(C)CC2)nn(-c2ccccc2)c1-c1ccccc1. The maximum Gasteiger partial charge on any atom is 0.274 e. The van der Waals surface area contributed by atoms with Crippen molar-refractivity contribution in [1.29, 1.82) is 0 Å². The number of carbonyl (C=O) groups excluding carboxylic acids is 1. The van der Waals surface area contributed by atoms with Crippen molar-refractivity contribution in [1.82, 2.24) is 19.6 Å². The molecule has 1 aliphatic heterocycles. The molecule has 0 radical (unpaired) electrons. The van der Waals surface area contributed by atoms with Crippen LogP contribution in [0.3, 0.4) is 0 Å². The van der Waals surface area contributed by atoms with Gasteiger partial charge in [-0.15, -0.1) is 0 Å². The quantitative estimate of drug-likeness (QED) is 0.720. The molecule has 1 fully saturated rings. The highest BCUT2D eigenvalue weighted by Crippen LogP contribution is 2.29. The lowest BCUT2D eigenvalue weighted by Crippen LogP contribution is -2.47. The summed E-state index contributed by atoms with van der Waals surface area (Å²) in [7, 11) is 2.09. The van der Waals surface area contributed by atoms with Crippen LogP contribution in [0.4, 0.5) is 0 Å². The number of hydrogen-bond acceptors (Lipinski definition) is 3. The Bertz CT molecular complexity index is 926. The first-order chi connectivity index (χ1) is 13.1. The molecule has 0 N–H and O–H groups in total. The van der Waals surface area contributed by atoms with Crippen LogP contribution in [0.2, 0.25) is 0 Å². The van der Waals surface area contributed by atoms with Crippen LogP contribution in [-0.4, -0.2) is 58.7 Å². The Labute approximate surface area is 159 Å². The van der Waals surface area contributed by atoms with E-state index in [1.54, 1.807) is 0 Å².